The Hall–Kier alpha value is -1.69. The molecular weight excluding hydrogens is 258 g/mol. The Morgan fingerprint density at radius 1 is 1.30 bits per heavy atom. The maximum Gasteiger partial charge on any atom is 0.311 e. The number of carbonyl (C=O) groups is 1. The van der Waals surface area contributed by atoms with E-state index in [1.807, 2.05) is 0 Å². The van der Waals surface area contributed by atoms with Crippen LogP contribution in [0.2, 0.25) is 0 Å². The summed E-state index contributed by atoms with van der Waals surface area (Å²) in [5.74, 6) is 1.03. The summed E-state index contributed by atoms with van der Waals surface area (Å²) in [5.41, 5.74) is 1.44. The average molecular weight is 276 g/mol. The SMILES string of the molecule is CC(=O)c1ccc(CC2CCCCC#CC2(F)F)cc1. The van der Waals surface area contributed by atoms with E-state index in [2.05, 4.69) is 11.8 Å². The normalized spacial score (nSPS) is 21.2. The molecule has 0 spiro atoms. The Balaban J connectivity index is 2.13. The first-order valence-electron chi connectivity index (χ1n) is 6.97. The predicted octanol–water partition coefficient (Wildman–Crippen LogP) is 4.26. The van der Waals surface area contributed by atoms with Gasteiger partial charge in [0, 0.05) is 17.9 Å². The Morgan fingerprint density at radius 2 is 2.00 bits per heavy atom. The molecule has 0 heterocycles. The minimum absolute atomic E-state index is 0.0151. The van der Waals surface area contributed by atoms with Crippen molar-refractivity contribution in [1.29, 1.82) is 0 Å². The highest BCUT2D eigenvalue weighted by Crippen LogP contribution is 2.32. The van der Waals surface area contributed by atoms with Gasteiger partial charge in [-0.2, -0.15) is 8.78 Å². The second-order valence-electron chi connectivity index (χ2n) is 5.32. The highest BCUT2D eigenvalue weighted by molar-refractivity contribution is 5.93. The summed E-state index contributed by atoms with van der Waals surface area (Å²) in [5, 5.41) is 0. The number of carbonyl (C=O) groups excluding carboxylic acids is 1. The summed E-state index contributed by atoms with van der Waals surface area (Å²) in [6.07, 6.45) is 3.05. The van der Waals surface area contributed by atoms with Crippen molar-refractivity contribution in [2.45, 2.75) is 45.0 Å². The maximum atomic E-state index is 14.0. The first kappa shape index (κ1) is 14.7. The van der Waals surface area contributed by atoms with Crippen LogP contribution in [0.5, 0.6) is 0 Å². The van der Waals surface area contributed by atoms with Crippen molar-refractivity contribution in [3.05, 3.63) is 35.4 Å². The molecule has 0 bridgehead atoms. The molecule has 0 fully saturated rings. The van der Waals surface area contributed by atoms with E-state index >= 15 is 0 Å². The first-order valence-corrected chi connectivity index (χ1v) is 6.97. The lowest BCUT2D eigenvalue weighted by molar-refractivity contribution is -0.00443. The number of benzene rings is 1. The zero-order valence-electron chi connectivity index (χ0n) is 11.6. The predicted molar refractivity (Wildman–Crippen MR) is 74.8 cm³/mol. The van der Waals surface area contributed by atoms with Crippen LogP contribution in [0.1, 0.15) is 48.5 Å². The number of ketones is 1. The van der Waals surface area contributed by atoms with Gasteiger partial charge in [0.2, 0.25) is 0 Å². The number of hydrogen-bond donors (Lipinski definition) is 0. The summed E-state index contributed by atoms with van der Waals surface area (Å²) < 4.78 is 27.9. The van der Waals surface area contributed by atoms with E-state index in [0.29, 0.717) is 24.8 Å². The lowest BCUT2D eigenvalue weighted by Gasteiger charge is -2.24. The molecule has 106 valence electrons. The Kier molecular flexibility index (Phi) is 4.54. The van der Waals surface area contributed by atoms with Gasteiger partial charge in [0.1, 0.15) is 0 Å². The van der Waals surface area contributed by atoms with Crippen LogP contribution in [-0.2, 0) is 6.42 Å². The van der Waals surface area contributed by atoms with Gasteiger partial charge < -0.3 is 0 Å². The van der Waals surface area contributed by atoms with Gasteiger partial charge in [0.05, 0.1) is 0 Å². The van der Waals surface area contributed by atoms with Crippen molar-refractivity contribution in [3.63, 3.8) is 0 Å². The van der Waals surface area contributed by atoms with Crippen molar-refractivity contribution >= 4 is 5.78 Å². The number of rotatable bonds is 3. The van der Waals surface area contributed by atoms with E-state index in [0.717, 1.165) is 18.4 Å². The fraction of sp³-hybridized carbons (Fsp3) is 0.471. The van der Waals surface area contributed by atoms with Crippen molar-refractivity contribution in [2.24, 2.45) is 5.92 Å². The largest absolute Gasteiger partial charge is 0.311 e. The molecule has 0 aromatic heterocycles. The van der Waals surface area contributed by atoms with Crippen molar-refractivity contribution in [3.8, 4) is 11.8 Å². The lowest BCUT2D eigenvalue weighted by Crippen LogP contribution is -2.29. The van der Waals surface area contributed by atoms with Crippen LogP contribution < -0.4 is 0 Å². The Bertz CT molecular complexity index is 534. The molecule has 1 aromatic rings. The smallest absolute Gasteiger partial charge is 0.295 e. The molecule has 1 unspecified atom stereocenters. The lowest BCUT2D eigenvalue weighted by atomic mass is 9.87. The van der Waals surface area contributed by atoms with Crippen molar-refractivity contribution in [1.82, 2.24) is 0 Å². The van der Waals surface area contributed by atoms with Crippen LogP contribution in [0, 0.1) is 17.8 Å². The summed E-state index contributed by atoms with van der Waals surface area (Å²) >= 11 is 0. The minimum Gasteiger partial charge on any atom is -0.295 e. The molecule has 1 aromatic carbocycles. The van der Waals surface area contributed by atoms with Gasteiger partial charge in [-0.25, -0.2) is 0 Å². The van der Waals surface area contributed by atoms with Crippen LogP contribution in [-0.4, -0.2) is 11.7 Å². The van der Waals surface area contributed by atoms with Gasteiger partial charge in [-0.3, -0.25) is 4.79 Å². The summed E-state index contributed by atoms with van der Waals surface area (Å²) in [6, 6.07) is 6.92. The molecule has 20 heavy (non-hydrogen) atoms. The molecule has 3 heteroatoms. The van der Waals surface area contributed by atoms with Crippen LogP contribution in [0.3, 0.4) is 0 Å². The second kappa shape index (κ2) is 6.17. The molecule has 0 saturated carbocycles. The van der Waals surface area contributed by atoms with E-state index in [1.54, 1.807) is 24.3 Å². The van der Waals surface area contributed by atoms with E-state index in [9.17, 15) is 13.6 Å². The zero-order chi connectivity index (χ0) is 14.6. The fourth-order valence-corrected chi connectivity index (χ4v) is 2.46. The molecule has 1 nitrogen and oxygen atoms in total. The quantitative estimate of drug-likeness (QED) is 0.595. The third kappa shape index (κ3) is 3.66. The molecule has 0 aliphatic heterocycles. The minimum atomic E-state index is -2.92. The van der Waals surface area contributed by atoms with Gasteiger partial charge in [-0.15, -0.1) is 0 Å². The Morgan fingerprint density at radius 3 is 2.65 bits per heavy atom. The summed E-state index contributed by atoms with van der Waals surface area (Å²) in [4.78, 5) is 11.2. The highest BCUT2D eigenvalue weighted by Gasteiger charge is 2.37. The van der Waals surface area contributed by atoms with Crippen LogP contribution in [0.4, 0.5) is 8.78 Å². The third-order valence-electron chi connectivity index (χ3n) is 3.71. The average Bonchev–Trinajstić information content (AvgIpc) is 2.40. The number of halogens is 2. The molecule has 0 amide bonds. The van der Waals surface area contributed by atoms with E-state index < -0.39 is 11.8 Å². The summed E-state index contributed by atoms with van der Waals surface area (Å²) in [7, 11) is 0. The molecule has 2 rings (SSSR count). The molecule has 0 radical (unpaired) electrons. The van der Waals surface area contributed by atoms with Crippen LogP contribution in [0.15, 0.2) is 24.3 Å². The maximum absolute atomic E-state index is 14.0. The topological polar surface area (TPSA) is 17.1 Å². The zero-order valence-corrected chi connectivity index (χ0v) is 11.6. The molecular formula is C17H18F2O. The number of hydrogen-bond acceptors (Lipinski definition) is 1. The van der Waals surface area contributed by atoms with Gasteiger partial charge in [-0.1, -0.05) is 36.6 Å². The first-order chi connectivity index (χ1) is 9.49. The molecule has 0 saturated heterocycles. The molecule has 1 aliphatic carbocycles. The van der Waals surface area contributed by atoms with E-state index in [-0.39, 0.29) is 5.78 Å². The van der Waals surface area contributed by atoms with Crippen molar-refractivity contribution in [2.75, 3.05) is 0 Å². The molecule has 1 aliphatic rings. The van der Waals surface area contributed by atoms with Crippen molar-refractivity contribution < 1.29 is 13.6 Å². The number of alkyl halides is 2. The van der Waals surface area contributed by atoms with Gasteiger partial charge in [0.25, 0.3) is 0 Å². The standard InChI is InChI=1S/C17H18F2O/c1-13(20)15-9-7-14(8-10-15)12-16-6-4-2-3-5-11-17(16,18)19/h7-10,16H,2-4,6,12H2,1H3. The monoisotopic (exact) mass is 276 g/mol. The van der Waals surface area contributed by atoms with Crippen LogP contribution >= 0.6 is 0 Å². The van der Waals surface area contributed by atoms with Gasteiger partial charge in [0.15, 0.2) is 5.78 Å². The van der Waals surface area contributed by atoms with E-state index in [1.165, 1.54) is 6.92 Å². The van der Waals surface area contributed by atoms with Gasteiger partial charge in [-0.05, 0) is 37.7 Å². The molecule has 1 atom stereocenters. The second-order valence-corrected chi connectivity index (χ2v) is 5.32. The third-order valence-corrected chi connectivity index (χ3v) is 3.71. The number of Topliss-reactive ketones (excluding diaryl/α,β-unsaturated/α-hetero) is 1. The van der Waals surface area contributed by atoms with E-state index in [4.69, 9.17) is 0 Å². The molecule has 0 N–H and O–H groups in total. The summed E-state index contributed by atoms with van der Waals surface area (Å²) in [6.45, 7) is 1.49. The van der Waals surface area contributed by atoms with Crippen LogP contribution in [0.25, 0.3) is 0 Å². The Labute approximate surface area is 118 Å². The van der Waals surface area contributed by atoms with Gasteiger partial charge >= 0.3 is 5.92 Å². The highest BCUT2D eigenvalue weighted by atomic mass is 19.3. The fourth-order valence-electron chi connectivity index (χ4n) is 2.46.